The Morgan fingerprint density at radius 2 is 1.60 bits per heavy atom. The van der Waals surface area contributed by atoms with E-state index in [1.165, 1.54) is 15.6 Å². The van der Waals surface area contributed by atoms with E-state index in [1.807, 2.05) is 49.1 Å². The van der Waals surface area contributed by atoms with Gasteiger partial charge in [-0.2, -0.15) is 4.31 Å². The molecule has 0 aliphatic carbocycles. The molecule has 1 unspecified atom stereocenters. The van der Waals surface area contributed by atoms with E-state index in [0.29, 0.717) is 31.1 Å². The van der Waals surface area contributed by atoms with Crippen LogP contribution in [0.5, 0.6) is 0 Å². The van der Waals surface area contributed by atoms with E-state index in [-0.39, 0.29) is 11.9 Å². The highest BCUT2D eigenvalue weighted by molar-refractivity contribution is 7.89. The van der Waals surface area contributed by atoms with Crippen LogP contribution in [0.1, 0.15) is 34.2 Å². The number of nitrogens with zero attached hydrogens (tertiary/aromatic N) is 3. The van der Waals surface area contributed by atoms with Gasteiger partial charge in [-0.05, 0) is 51.4 Å². The smallest absolute Gasteiger partial charge is 0.244 e. The average molecular weight is 448 g/mol. The number of amides is 1. The van der Waals surface area contributed by atoms with Crippen molar-refractivity contribution in [1.82, 2.24) is 14.1 Å². The second-order valence-corrected chi connectivity index (χ2v) is 11.4. The maximum absolute atomic E-state index is 13.5. The highest BCUT2D eigenvalue weighted by Crippen LogP contribution is 2.30. The molecule has 30 heavy (non-hydrogen) atoms. The van der Waals surface area contributed by atoms with Gasteiger partial charge >= 0.3 is 0 Å². The summed E-state index contributed by atoms with van der Waals surface area (Å²) in [6.07, 6.45) is 2.23. The lowest BCUT2D eigenvalue weighted by Crippen LogP contribution is -2.53. The number of benzene rings is 1. The van der Waals surface area contributed by atoms with E-state index in [1.54, 1.807) is 6.07 Å². The molecule has 162 valence electrons. The first-order chi connectivity index (χ1) is 14.4. The largest absolute Gasteiger partial charge is 0.338 e. The van der Waals surface area contributed by atoms with Gasteiger partial charge in [-0.3, -0.25) is 9.69 Å². The summed E-state index contributed by atoms with van der Waals surface area (Å²) >= 11 is 1.51. The first kappa shape index (κ1) is 21.5. The van der Waals surface area contributed by atoms with Gasteiger partial charge in [-0.25, -0.2) is 8.42 Å². The lowest BCUT2D eigenvalue weighted by molar-refractivity contribution is -0.138. The summed E-state index contributed by atoms with van der Waals surface area (Å²) in [6, 6.07) is 11.4. The molecule has 2 saturated heterocycles. The number of likely N-dealkylation sites (tertiary alicyclic amines) is 1. The van der Waals surface area contributed by atoms with Crippen molar-refractivity contribution in [3.05, 3.63) is 51.7 Å². The second-order valence-electron chi connectivity index (χ2n) is 8.06. The summed E-state index contributed by atoms with van der Waals surface area (Å²) < 4.78 is 27.7. The average Bonchev–Trinajstić information content (AvgIpc) is 3.39. The SMILES string of the molecule is Cc1cc(S(=O)(=O)N2CCN(C(=O)C(c3ccccc3)N3CCCC3)CC2)c(C)s1. The third kappa shape index (κ3) is 4.19. The molecule has 3 heterocycles. The molecule has 4 rings (SSSR count). The third-order valence-electron chi connectivity index (χ3n) is 6.02. The van der Waals surface area contributed by atoms with Gasteiger partial charge in [0.25, 0.3) is 0 Å². The lowest BCUT2D eigenvalue weighted by atomic mass is 10.0. The van der Waals surface area contributed by atoms with E-state index in [2.05, 4.69) is 4.90 Å². The topological polar surface area (TPSA) is 60.9 Å². The number of thiophene rings is 1. The first-order valence-corrected chi connectivity index (χ1v) is 12.8. The molecule has 1 amide bonds. The lowest BCUT2D eigenvalue weighted by Gasteiger charge is -2.38. The van der Waals surface area contributed by atoms with Crippen LogP contribution >= 0.6 is 11.3 Å². The van der Waals surface area contributed by atoms with E-state index in [4.69, 9.17) is 0 Å². The number of rotatable bonds is 5. The predicted octanol–water partition coefficient (Wildman–Crippen LogP) is 3.03. The fraction of sp³-hybridized carbons (Fsp3) is 0.500. The van der Waals surface area contributed by atoms with Crippen molar-refractivity contribution in [2.45, 2.75) is 37.6 Å². The fourth-order valence-electron chi connectivity index (χ4n) is 4.47. The zero-order valence-electron chi connectivity index (χ0n) is 17.6. The number of carbonyl (C=O) groups excluding carboxylic acids is 1. The van der Waals surface area contributed by atoms with Gasteiger partial charge in [0.05, 0.1) is 4.90 Å². The quantitative estimate of drug-likeness (QED) is 0.707. The van der Waals surface area contributed by atoms with Crippen molar-refractivity contribution in [1.29, 1.82) is 0 Å². The molecule has 2 aromatic rings. The summed E-state index contributed by atoms with van der Waals surface area (Å²) in [5.74, 6) is 0.0858. The number of carbonyl (C=O) groups is 1. The molecule has 0 radical (unpaired) electrons. The van der Waals surface area contributed by atoms with Crippen LogP contribution in [0.3, 0.4) is 0 Å². The van der Waals surface area contributed by atoms with Gasteiger partial charge < -0.3 is 4.90 Å². The standard InChI is InChI=1S/C22H29N3O3S2/c1-17-16-20(18(2)29-17)30(27,28)25-14-12-24(13-15-25)22(26)21(23-10-6-7-11-23)19-8-4-3-5-9-19/h3-5,8-9,16,21H,6-7,10-15H2,1-2H3. The molecule has 2 aliphatic heterocycles. The number of piperazine rings is 1. The van der Waals surface area contributed by atoms with Crippen molar-refractivity contribution in [2.24, 2.45) is 0 Å². The van der Waals surface area contributed by atoms with Crippen LogP contribution in [0.4, 0.5) is 0 Å². The molecule has 2 fully saturated rings. The van der Waals surface area contributed by atoms with Crippen LogP contribution in [-0.4, -0.2) is 67.7 Å². The summed E-state index contributed by atoms with van der Waals surface area (Å²) in [7, 11) is -3.51. The Kier molecular flexibility index (Phi) is 6.29. The molecule has 6 nitrogen and oxygen atoms in total. The molecule has 0 saturated carbocycles. The fourth-order valence-corrected chi connectivity index (χ4v) is 7.42. The number of sulfonamides is 1. The normalized spacial score (nSPS) is 19.9. The Labute approximate surface area is 183 Å². The van der Waals surface area contributed by atoms with Gasteiger partial charge in [0, 0.05) is 35.9 Å². The van der Waals surface area contributed by atoms with E-state index in [0.717, 1.165) is 41.2 Å². The minimum Gasteiger partial charge on any atom is -0.338 e. The zero-order chi connectivity index (χ0) is 21.3. The molecule has 0 bridgehead atoms. The van der Waals surface area contributed by atoms with Crippen LogP contribution < -0.4 is 0 Å². The molecule has 0 N–H and O–H groups in total. The maximum Gasteiger partial charge on any atom is 0.244 e. The highest BCUT2D eigenvalue weighted by Gasteiger charge is 2.36. The Morgan fingerprint density at radius 1 is 0.967 bits per heavy atom. The van der Waals surface area contributed by atoms with Crippen molar-refractivity contribution in [2.75, 3.05) is 39.3 Å². The molecular weight excluding hydrogens is 418 g/mol. The van der Waals surface area contributed by atoms with E-state index >= 15 is 0 Å². The second kappa shape index (κ2) is 8.78. The number of aryl methyl sites for hydroxylation is 2. The minimum absolute atomic E-state index is 0.0858. The van der Waals surface area contributed by atoms with Crippen LogP contribution in [0.25, 0.3) is 0 Å². The Hall–Kier alpha value is -1.74. The summed E-state index contributed by atoms with van der Waals surface area (Å²) in [5.41, 5.74) is 1.02. The van der Waals surface area contributed by atoms with Crippen molar-refractivity contribution >= 4 is 27.3 Å². The van der Waals surface area contributed by atoms with E-state index in [9.17, 15) is 13.2 Å². The first-order valence-electron chi connectivity index (χ1n) is 10.5. The van der Waals surface area contributed by atoms with Gasteiger partial charge in [0.1, 0.15) is 6.04 Å². The van der Waals surface area contributed by atoms with Gasteiger partial charge in [0.15, 0.2) is 0 Å². The molecular formula is C22H29N3O3S2. The molecule has 1 atom stereocenters. The van der Waals surface area contributed by atoms with Crippen LogP contribution in [-0.2, 0) is 14.8 Å². The van der Waals surface area contributed by atoms with Crippen molar-refractivity contribution in [3.63, 3.8) is 0 Å². The molecule has 1 aromatic heterocycles. The Balaban J connectivity index is 1.48. The molecule has 0 spiro atoms. The van der Waals surface area contributed by atoms with Crippen LogP contribution in [0.2, 0.25) is 0 Å². The van der Waals surface area contributed by atoms with Gasteiger partial charge in [-0.15, -0.1) is 11.3 Å². The van der Waals surface area contributed by atoms with Gasteiger partial charge in [-0.1, -0.05) is 30.3 Å². The number of hydrogen-bond acceptors (Lipinski definition) is 5. The van der Waals surface area contributed by atoms with Crippen molar-refractivity contribution in [3.8, 4) is 0 Å². The molecule has 2 aliphatic rings. The maximum atomic E-state index is 13.5. The highest BCUT2D eigenvalue weighted by atomic mass is 32.2. The minimum atomic E-state index is -3.51. The van der Waals surface area contributed by atoms with Crippen LogP contribution in [0.15, 0.2) is 41.3 Å². The Morgan fingerprint density at radius 3 is 2.17 bits per heavy atom. The zero-order valence-corrected chi connectivity index (χ0v) is 19.2. The van der Waals surface area contributed by atoms with Crippen LogP contribution in [0, 0.1) is 13.8 Å². The number of hydrogen-bond donors (Lipinski definition) is 0. The summed E-state index contributed by atoms with van der Waals surface area (Å²) in [6.45, 7) is 7.16. The van der Waals surface area contributed by atoms with Crippen molar-refractivity contribution < 1.29 is 13.2 Å². The molecule has 8 heteroatoms. The predicted molar refractivity (Wildman–Crippen MR) is 119 cm³/mol. The summed E-state index contributed by atoms with van der Waals surface area (Å²) in [4.78, 5) is 19.8. The monoisotopic (exact) mass is 447 g/mol. The summed E-state index contributed by atoms with van der Waals surface area (Å²) in [5, 5.41) is 0. The van der Waals surface area contributed by atoms with Gasteiger partial charge in [0.2, 0.25) is 15.9 Å². The molecule has 1 aromatic carbocycles. The third-order valence-corrected chi connectivity index (χ3v) is 9.14. The Bertz CT molecular complexity index is 990. The van der Waals surface area contributed by atoms with E-state index < -0.39 is 10.0 Å².